The minimum Gasteiger partial charge on any atom is -0.421 e. The zero-order chi connectivity index (χ0) is 17.9. The average molecular weight is 349 g/mol. The van der Waals surface area contributed by atoms with Crippen LogP contribution in [0.4, 0.5) is 5.95 Å². The molecule has 6 heteroatoms. The van der Waals surface area contributed by atoms with Crippen molar-refractivity contribution in [3.8, 4) is 22.7 Å². The summed E-state index contributed by atoms with van der Waals surface area (Å²) in [6.07, 6.45) is 6.73. The molecule has 134 valence electrons. The number of hydrogen-bond acceptors (Lipinski definition) is 6. The summed E-state index contributed by atoms with van der Waals surface area (Å²) >= 11 is 0. The van der Waals surface area contributed by atoms with Crippen LogP contribution in [0.25, 0.3) is 22.7 Å². The van der Waals surface area contributed by atoms with Crippen LogP contribution in [0.1, 0.15) is 38.5 Å². The summed E-state index contributed by atoms with van der Waals surface area (Å²) in [4.78, 5) is 9.08. The monoisotopic (exact) mass is 349 g/mol. The van der Waals surface area contributed by atoms with Gasteiger partial charge in [-0.2, -0.15) is 0 Å². The number of aryl methyl sites for hydroxylation is 1. The molecule has 2 heterocycles. The summed E-state index contributed by atoms with van der Waals surface area (Å²) in [6.45, 7) is 4.11. The Morgan fingerprint density at radius 3 is 2.38 bits per heavy atom. The largest absolute Gasteiger partial charge is 0.421 e. The number of aromatic nitrogens is 4. The van der Waals surface area contributed by atoms with E-state index in [0.717, 1.165) is 22.7 Å². The van der Waals surface area contributed by atoms with Gasteiger partial charge in [0.1, 0.15) is 0 Å². The predicted octanol–water partition coefficient (Wildman–Crippen LogP) is 4.49. The highest BCUT2D eigenvalue weighted by Crippen LogP contribution is 2.26. The molecule has 6 nitrogen and oxygen atoms in total. The third-order valence-electron chi connectivity index (χ3n) is 4.96. The minimum absolute atomic E-state index is 0.476. The Morgan fingerprint density at radius 2 is 1.69 bits per heavy atom. The normalized spacial score (nSPS) is 20.1. The quantitative estimate of drug-likeness (QED) is 0.748. The van der Waals surface area contributed by atoms with Gasteiger partial charge in [0, 0.05) is 30.3 Å². The molecule has 26 heavy (non-hydrogen) atoms. The molecule has 1 fully saturated rings. The molecule has 0 atom stereocenters. The van der Waals surface area contributed by atoms with E-state index in [9.17, 15) is 0 Å². The molecule has 1 aromatic carbocycles. The van der Waals surface area contributed by atoms with Crippen molar-refractivity contribution in [1.29, 1.82) is 0 Å². The molecule has 1 saturated carbocycles. The Kier molecular flexibility index (Phi) is 4.65. The Hall–Kier alpha value is -2.76. The summed E-state index contributed by atoms with van der Waals surface area (Å²) in [5.74, 6) is 2.64. The van der Waals surface area contributed by atoms with E-state index in [1.54, 1.807) is 6.92 Å². The van der Waals surface area contributed by atoms with E-state index in [1.165, 1.54) is 25.7 Å². The average Bonchev–Trinajstić information content (AvgIpc) is 3.10. The van der Waals surface area contributed by atoms with Crippen molar-refractivity contribution in [2.45, 2.75) is 45.6 Å². The van der Waals surface area contributed by atoms with Gasteiger partial charge < -0.3 is 9.73 Å². The summed E-state index contributed by atoms with van der Waals surface area (Å²) in [5, 5.41) is 11.4. The fourth-order valence-electron chi connectivity index (χ4n) is 3.37. The van der Waals surface area contributed by atoms with E-state index in [1.807, 2.05) is 36.5 Å². The third kappa shape index (κ3) is 3.74. The van der Waals surface area contributed by atoms with Gasteiger partial charge in [-0.05, 0) is 49.8 Å². The number of anilines is 1. The summed E-state index contributed by atoms with van der Waals surface area (Å²) < 4.78 is 5.47. The summed E-state index contributed by atoms with van der Waals surface area (Å²) in [6, 6.07) is 10.4. The number of benzene rings is 1. The zero-order valence-electron chi connectivity index (χ0n) is 15.1. The van der Waals surface area contributed by atoms with Gasteiger partial charge >= 0.3 is 0 Å². The highest BCUT2D eigenvalue weighted by Gasteiger charge is 2.18. The molecule has 0 unspecified atom stereocenters. The van der Waals surface area contributed by atoms with Gasteiger partial charge in [-0.3, -0.25) is 0 Å². The first-order valence-electron chi connectivity index (χ1n) is 9.18. The highest BCUT2D eigenvalue weighted by atomic mass is 16.4. The standard InChI is InChI=1S/C20H23N5O/c1-13-3-9-17(10-4-13)22-20-21-12-11-18(23-20)15-5-7-16(8-6-15)19-25-24-14(2)26-19/h5-8,11-13,17H,3-4,9-10H2,1-2H3,(H,21,22,23). The van der Waals surface area contributed by atoms with Crippen molar-refractivity contribution in [2.24, 2.45) is 5.92 Å². The summed E-state index contributed by atoms with van der Waals surface area (Å²) in [7, 11) is 0. The van der Waals surface area contributed by atoms with Crippen molar-refractivity contribution in [3.05, 3.63) is 42.4 Å². The molecule has 0 amide bonds. The molecule has 1 aliphatic carbocycles. The lowest BCUT2D eigenvalue weighted by Gasteiger charge is -2.26. The maximum Gasteiger partial charge on any atom is 0.247 e. The van der Waals surface area contributed by atoms with E-state index in [4.69, 9.17) is 4.42 Å². The molecule has 4 rings (SSSR count). The van der Waals surface area contributed by atoms with Gasteiger partial charge in [-0.15, -0.1) is 10.2 Å². The van der Waals surface area contributed by atoms with E-state index in [0.29, 0.717) is 23.8 Å². The Morgan fingerprint density at radius 1 is 0.962 bits per heavy atom. The number of hydrogen-bond donors (Lipinski definition) is 1. The van der Waals surface area contributed by atoms with Crippen molar-refractivity contribution in [3.63, 3.8) is 0 Å². The molecule has 0 bridgehead atoms. The van der Waals surface area contributed by atoms with Crippen LogP contribution < -0.4 is 5.32 Å². The second kappa shape index (κ2) is 7.23. The van der Waals surface area contributed by atoms with Crippen LogP contribution in [0.15, 0.2) is 40.9 Å². The van der Waals surface area contributed by atoms with Crippen LogP contribution in [-0.4, -0.2) is 26.2 Å². The third-order valence-corrected chi connectivity index (χ3v) is 4.96. The van der Waals surface area contributed by atoms with Crippen molar-refractivity contribution in [1.82, 2.24) is 20.2 Å². The lowest BCUT2D eigenvalue weighted by molar-refractivity contribution is 0.360. The first-order valence-corrected chi connectivity index (χ1v) is 9.18. The van der Waals surface area contributed by atoms with Gasteiger partial charge in [0.2, 0.25) is 17.7 Å². The smallest absolute Gasteiger partial charge is 0.247 e. The number of rotatable bonds is 4. The first kappa shape index (κ1) is 16.7. The lowest BCUT2D eigenvalue weighted by atomic mass is 9.87. The van der Waals surface area contributed by atoms with Crippen LogP contribution in [0.2, 0.25) is 0 Å². The SMILES string of the molecule is Cc1nnc(-c2ccc(-c3ccnc(NC4CCC(C)CC4)n3)cc2)o1. The van der Waals surface area contributed by atoms with Crippen molar-refractivity contribution < 1.29 is 4.42 Å². The number of nitrogens with zero attached hydrogens (tertiary/aromatic N) is 4. The second-order valence-electron chi connectivity index (χ2n) is 7.07. The highest BCUT2D eigenvalue weighted by molar-refractivity contribution is 5.65. The molecular weight excluding hydrogens is 326 g/mol. The van der Waals surface area contributed by atoms with Crippen LogP contribution >= 0.6 is 0 Å². The van der Waals surface area contributed by atoms with Crippen molar-refractivity contribution >= 4 is 5.95 Å². The fraction of sp³-hybridized carbons (Fsp3) is 0.400. The van der Waals surface area contributed by atoms with Crippen LogP contribution in [0, 0.1) is 12.8 Å². The van der Waals surface area contributed by atoms with Gasteiger partial charge in [0.25, 0.3) is 0 Å². The first-order chi connectivity index (χ1) is 12.7. The second-order valence-corrected chi connectivity index (χ2v) is 7.07. The molecular formula is C20H23N5O. The Balaban J connectivity index is 1.49. The molecule has 0 saturated heterocycles. The topological polar surface area (TPSA) is 76.7 Å². The Labute approximate surface area is 153 Å². The number of nitrogens with one attached hydrogen (secondary N) is 1. The molecule has 3 aromatic rings. The molecule has 0 aliphatic heterocycles. The van der Waals surface area contributed by atoms with E-state index >= 15 is 0 Å². The van der Waals surface area contributed by atoms with Crippen LogP contribution in [0.3, 0.4) is 0 Å². The van der Waals surface area contributed by atoms with Gasteiger partial charge in [0.05, 0.1) is 5.69 Å². The van der Waals surface area contributed by atoms with Gasteiger partial charge in [0.15, 0.2) is 0 Å². The molecule has 1 N–H and O–H groups in total. The maximum atomic E-state index is 5.47. The van der Waals surface area contributed by atoms with Gasteiger partial charge in [-0.25, -0.2) is 9.97 Å². The molecule has 1 aliphatic rings. The lowest BCUT2D eigenvalue weighted by Crippen LogP contribution is -2.26. The predicted molar refractivity (Wildman–Crippen MR) is 101 cm³/mol. The fourth-order valence-corrected chi connectivity index (χ4v) is 3.37. The van der Waals surface area contributed by atoms with Crippen molar-refractivity contribution in [2.75, 3.05) is 5.32 Å². The molecule has 2 aromatic heterocycles. The van der Waals surface area contributed by atoms with Crippen LogP contribution in [0.5, 0.6) is 0 Å². The van der Waals surface area contributed by atoms with Crippen LogP contribution in [-0.2, 0) is 0 Å². The zero-order valence-corrected chi connectivity index (χ0v) is 15.1. The van der Waals surface area contributed by atoms with Gasteiger partial charge in [-0.1, -0.05) is 19.1 Å². The van der Waals surface area contributed by atoms with E-state index in [-0.39, 0.29) is 0 Å². The molecule has 0 spiro atoms. The maximum absolute atomic E-state index is 5.47. The molecule has 0 radical (unpaired) electrons. The van der Waals surface area contributed by atoms with E-state index in [2.05, 4.69) is 32.4 Å². The summed E-state index contributed by atoms with van der Waals surface area (Å²) in [5.41, 5.74) is 2.84. The Bertz CT molecular complexity index is 866. The van der Waals surface area contributed by atoms with E-state index < -0.39 is 0 Å². The minimum atomic E-state index is 0.476.